The molecule has 0 saturated carbocycles. The molecule has 0 heterocycles. The second-order valence-corrected chi connectivity index (χ2v) is 1.73. The van der Waals surface area contributed by atoms with Crippen molar-refractivity contribution in [2.75, 3.05) is 6.61 Å². The van der Waals surface area contributed by atoms with Crippen LogP contribution in [0.1, 0.15) is 19.8 Å². The highest BCUT2D eigenvalue weighted by atomic mass is 16.5. The molecule has 3 heteroatoms. The zero-order valence-corrected chi connectivity index (χ0v) is 5.89. The number of carbonyl (C=O) groups is 1. The van der Waals surface area contributed by atoms with Crippen LogP contribution in [0.4, 0.5) is 0 Å². The van der Waals surface area contributed by atoms with Crippen LogP contribution in [0.25, 0.3) is 0 Å². The van der Waals surface area contributed by atoms with Gasteiger partial charge in [-0.05, 0) is 6.42 Å². The number of aliphatic hydroxyl groups is 1. The molecular weight excluding hydrogens is 132 g/mol. The quantitative estimate of drug-likeness (QED) is 0.358. The molecule has 0 saturated heterocycles. The standard InChI is InChI=1S/C7H10O3/c1-2-3-6-10-7(9)4-5-8/h8H,2-3,6H2,1H3. The molecule has 0 rings (SSSR count). The van der Waals surface area contributed by atoms with Crippen LogP contribution in [0.3, 0.4) is 0 Å². The van der Waals surface area contributed by atoms with E-state index in [4.69, 9.17) is 5.11 Å². The molecule has 0 aliphatic rings. The number of ether oxygens (including phenoxy) is 1. The van der Waals surface area contributed by atoms with E-state index in [1.54, 1.807) is 0 Å². The van der Waals surface area contributed by atoms with Gasteiger partial charge in [0.2, 0.25) is 0 Å². The summed E-state index contributed by atoms with van der Waals surface area (Å²) in [6.45, 7) is 2.37. The molecule has 0 aliphatic heterocycles. The second kappa shape index (κ2) is 5.96. The van der Waals surface area contributed by atoms with Crippen molar-refractivity contribution in [3.8, 4) is 12.0 Å². The van der Waals surface area contributed by atoms with Crippen LogP contribution in [0, 0.1) is 12.0 Å². The molecule has 56 valence electrons. The summed E-state index contributed by atoms with van der Waals surface area (Å²) in [5, 5.41) is 7.93. The number of hydrogen-bond acceptors (Lipinski definition) is 3. The van der Waals surface area contributed by atoms with E-state index in [9.17, 15) is 4.79 Å². The number of rotatable bonds is 3. The number of unbranched alkanes of at least 4 members (excludes halogenated alkanes) is 1. The first-order chi connectivity index (χ1) is 4.81. The summed E-state index contributed by atoms with van der Waals surface area (Å²) in [6.07, 6.45) is 3.27. The average Bonchev–Trinajstić information content (AvgIpc) is 1.89. The molecule has 0 atom stereocenters. The third-order valence-corrected chi connectivity index (χ3v) is 0.889. The van der Waals surface area contributed by atoms with Crippen LogP contribution in [-0.2, 0) is 9.53 Å². The molecule has 1 N–H and O–H groups in total. The van der Waals surface area contributed by atoms with E-state index in [1.807, 2.05) is 12.8 Å². The van der Waals surface area contributed by atoms with Crippen molar-refractivity contribution in [1.29, 1.82) is 0 Å². The van der Waals surface area contributed by atoms with Crippen LogP contribution in [0.15, 0.2) is 0 Å². The largest absolute Gasteiger partial charge is 0.462 e. The van der Waals surface area contributed by atoms with Gasteiger partial charge in [0.25, 0.3) is 0 Å². The molecule has 10 heavy (non-hydrogen) atoms. The summed E-state index contributed by atoms with van der Waals surface area (Å²) < 4.78 is 4.55. The van der Waals surface area contributed by atoms with Gasteiger partial charge in [-0.1, -0.05) is 13.3 Å². The van der Waals surface area contributed by atoms with E-state index >= 15 is 0 Å². The molecule has 0 bridgehead atoms. The summed E-state index contributed by atoms with van der Waals surface area (Å²) in [4.78, 5) is 10.4. The minimum atomic E-state index is -0.670. The molecule has 0 unspecified atom stereocenters. The van der Waals surface area contributed by atoms with Gasteiger partial charge in [-0.2, -0.15) is 0 Å². The SMILES string of the molecule is CCCCOC(=O)C#CO. The summed E-state index contributed by atoms with van der Waals surface area (Å²) in [7, 11) is 0. The number of hydrogen-bond donors (Lipinski definition) is 1. The Hall–Kier alpha value is -1.17. The van der Waals surface area contributed by atoms with Crippen molar-refractivity contribution >= 4 is 5.97 Å². The number of aliphatic hydroxyl groups excluding tert-OH is 1. The van der Waals surface area contributed by atoms with E-state index in [2.05, 4.69) is 4.74 Å². The molecule has 0 amide bonds. The smallest absolute Gasteiger partial charge is 0.387 e. The zero-order chi connectivity index (χ0) is 7.82. The summed E-state index contributed by atoms with van der Waals surface area (Å²) in [5.41, 5.74) is 0. The summed E-state index contributed by atoms with van der Waals surface area (Å²) >= 11 is 0. The molecule has 0 aromatic carbocycles. The summed E-state index contributed by atoms with van der Waals surface area (Å²) in [6, 6.07) is 0. The third-order valence-electron chi connectivity index (χ3n) is 0.889. The van der Waals surface area contributed by atoms with Crippen LogP contribution in [0.5, 0.6) is 0 Å². The lowest BCUT2D eigenvalue weighted by Crippen LogP contribution is -2.02. The Morgan fingerprint density at radius 1 is 1.70 bits per heavy atom. The van der Waals surface area contributed by atoms with Crippen molar-refractivity contribution in [3.63, 3.8) is 0 Å². The lowest BCUT2D eigenvalue weighted by Gasteiger charge is -1.95. The maximum Gasteiger partial charge on any atom is 0.387 e. The van der Waals surface area contributed by atoms with Gasteiger partial charge >= 0.3 is 5.97 Å². The van der Waals surface area contributed by atoms with Crippen LogP contribution in [0.2, 0.25) is 0 Å². The molecule has 3 nitrogen and oxygen atoms in total. The summed E-state index contributed by atoms with van der Waals surface area (Å²) in [5.74, 6) is 1.18. The van der Waals surface area contributed by atoms with Gasteiger partial charge in [0.1, 0.15) is 6.11 Å². The lowest BCUT2D eigenvalue weighted by molar-refractivity contribution is -0.136. The van der Waals surface area contributed by atoms with E-state index in [-0.39, 0.29) is 0 Å². The normalized spacial score (nSPS) is 7.70. The molecule has 0 spiro atoms. The van der Waals surface area contributed by atoms with Crippen molar-refractivity contribution in [1.82, 2.24) is 0 Å². The predicted molar refractivity (Wildman–Crippen MR) is 35.6 cm³/mol. The number of carbonyl (C=O) groups excluding carboxylic acids is 1. The van der Waals surface area contributed by atoms with Gasteiger partial charge in [0.15, 0.2) is 0 Å². The van der Waals surface area contributed by atoms with E-state index < -0.39 is 5.97 Å². The lowest BCUT2D eigenvalue weighted by atomic mass is 10.4. The van der Waals surface area contributed by atoms with Crippen LogP contribution in [-0.4, -0.2) is 17.7 Å². The maximum absolute atomic E-state index is 10.4. The van der Waals surface area contributed by atoms with E-state index in [1.165, 1.54) is 6.11 Å². The van der Waals surface area contributed by atoms with Gasteiger partial charge < -0.3 is 9.84 Å². The minimum Gasteiger partial charge on any atom is -0.462 e. The van der Waals surface area contributed by atoms with Crippen molar-refractivity contribution < 1.29 is 14.6 Å². The molecule has 0 aromatic rings. The van der Waals surface area contributed by atoms with Crippen molar-refractivity contribution in [3.05, 3.63) is 0 Å². The fraction of sp³-hybridized carbons (Fsp3) is 0.571. The monoisotopic (exact) mass is 142 g/mol. The Labute approximate surface area is 60.0 Å². The first-order valence-corrected chi connectivity index (χ1v) is 3.13. The predicted octanol–water partition coefficient (Wildman–Crippen LogP) is 0.663. The van der Waals surface area contributed by atoms with E-state index in [0.29, 0.717) is 6.61 Å². The van der Waals surface area contributed by atoms with Crippen molar-refractivity contribution in [2.45, 2.75) is 19.8 Å². The second-order valence-electron chi connectivity index (χ2n) is 1.73. The van der Waals surface area contributed by atoms with E-state index in [0.717, 1.165) is 12.8 Å². The van der Waals surface area contributed by atoms with Crippen LogP contribution < -0.4 is 0 Å². The Kier molecular flexibility index (Phi) is 5.26. The topological polar surface area (TPSA) is 46.5 Å². The molecule has 0 aromatic heterocycles. The molecule has 0 fully saturated rings. The van der Waals surface area contributed by atoms with Gasteiger partial charge in [-0.3, -0.25) is 0 Å². The maximum atomic E-state index is 10.4. The number of esters is 1. The Morgan fingerprint density at radius 3 is 2.90 bits per heavy atom. The highest BCUT2D eigenvalue weighted by Gasteiger charge is 1.93. The Morgan fingerprint density at radius 2 is 2.40 bits per heavy atom. The highest BCUT2D eigenvalue weighted by Crippen LogP contribution is 1.87. The highest BCUT2D eigenvalue weighted by molar-refractivity contribution is 5.87. The first-order valence-electron chi connectivity index (χ1n) is 3.13. The minimum absolute atomic E-state index is 0.379. The fourth-order valence-electron chi connectivity index (χ4n) is 0.391. The van der Waals surface area contributed by atoms with Gasteiger partial charge in [-0.25, -0.2) is 4.79 Å². The van der Waals surface area contributed by atoms with Crippen LogP contribution >= 0.6 is 0 Å². The van der Waals surface area contributed by atoms with Gasteiger partial charge in [0, 0.05) is 0 Å². The fourth-order valence-corrected chi connectivity index (χ4v) is 0.391. The van der Waals surface area contributed by atoms with Gasteiger partial charge in [0.05, 0.1) is 12.5 Å². The third kappa shape index (κ3) is 4.98. The Balaban J connectivity index is 3.28. The van der Waals surface area contributed by atoms with Crippen molar-refractivity contribution in [2.24, 2.45) is 0 Å². The average molecular weight is 142 g/mol. The Bertz CT molecular complexity index is 152. The first kappa shape index (κ1) is 8.83. The zero-order valence-electron chi connectivity index (χ0n) is 5.89. The molecule has 0 radical (unpaired) electrons. The molecule has 0 aliphatic carbocycles. The van der Waals surface area contributed by atoms with Gasteiger partial charge in [-0.15, -0.1) is 0 Å². The molecular formula is C7H10O3.